The van der Waals surface area contributed by atoms with Gasteiger partial charge in [0.2, 0.25) is 0 Å². The number of rotatable bonds is 4. The van der Waals surface area contributed by atoms with Crippen molar-refractivity contribution < 1.29 is 15.0 Å². The third kappa shape index (κ3) is 4.40. The molecule has 0 fully saturated rings. The second-order valence-corrected chi connectivity index (χ2v) is 6.12. The standard InChI is InChI=1S/C15H22O3/c1-10-5-6-11(8-13(10)16)7-12(14(17)18)9-15(2,3)4/h5-6,8,12,16H,7,9H2,1-4H3,(H,17,18). The van der Waals surface area contributed by atoms with E-state index < -0.39 is 11.9 Å². The molecule has 0 saturated carbocycles. The smallest absolute Gasteiger partial charge is 0.306 e. The number of benzene rings is 1. The lowest BCUT2D eigenvalue weighted by atomic mass is 9.82. The summed E-state index contributed by atoms with van der Waals surface area (Å²) in [5.74, 6) is -0.954. The summed E-state index contributed by atoms with van der Waals surface area (Å²) in [6.45, 7) is 7.93. The Labute approximate surface area is 108 Å². The first-order valence-electron chi connectivity index (χ1n) is 6.20. The molecule has 0 bridgehead atoms. The van der Waals surface area contributed by atoms with E-state index in [4.69, 9.17) is 0 Å². The van der Waals surface area contributed by atoms with Crippen LogP contribution >= 0.6 is 0 Å². The Balaban J connectivity index is 2.83. The molecular formula is C15H22O3. The van der Waals surface area contributed by atoms with Crippen LogP contribution in [0.5, 0.6) is 5.75 Å². The maximum Gasteiger partial charge on any atom is 0.306 e. The summed E-state index contributed by atoms with van der Waals surface area (Å²) < 4.78 is 0. The van der Waals surface area contributed by atoms with Gasteiger partial charge in [0.05, 0.1) is 5.92 Å². The zero-order valence-corrected chi connectivity index (χ0v) is 11.5. The SMILES string of the molecule is Cc1ccc(CC(CC(C)(C)C)C(=O)O)cc1O. The third-order valence-corrected chi connectivity index (χ3v) is 2.96. The number of aryl methyl sites for hydroxylation is 1. The second kappa shape index (κ2) is 5.42. The van der Waals surface area contributed by atoms with Crippen LogP contribution in [-0.4, -0.2) is 16.2 Å². The quantitative estimate of drug-likeness (QED) is 0.861. The molecule has 0 saturated heterocycles. The van der Waals surface area contributed by atoms with Gasteiger partial charge >= 0.3 is 5.97 Å². The Morgan fingerprint density at radius 3 is 2.39 bits per heavy atom. The van der Waals surface area contributed by atoms with Gasteiger partial charge in [-0.05, 0) is 42.4 Å². The van der Waals surface area contributed by atoms with E-state index in [1.807, 2.05) is 39.8 Å². The molecule has 0 radical (unpaired) electrons. The van der Waals surface area contributed by atoms with Crippen LogP contribution in [0.15, 0.2) is 18.2 Å². The number of carbonyl (C=O) groups is 1. The summed E-state index contributed by atoms with van der Waals surface area (Å²) in [5, 5.41) is 18.9. The molecule has 1 rings (SSSR count). The first kappa shape index (κ1) is 14.6. The molecule has 0 aliphatic carbocycles. The maximum absolute atomic E-state index is 11.3. The van der Waals surface area contributed by atoms with Gasteiger partial charge in [0.15, 0.2) is 0 Å². The van der Waals surface area contributed by atoms with Crippen molar-refractivity contribution in [3.63, 3.8) is 0 Å². The monoisotopic (exact) mass is 250 g/mol. The first-order valence-corrected chi connectivity index (χ1v) is 6.20. The topological polar surface area (TPSA) is 57.5 Å². The highest BCUT2D eigenvalue weighted by Crippen LogP contribution is 2.28. The summed E-state index contributed by atoms with van der Waals surface area (Å²) in [4.78, 5) is 11.3. The summed E-state index contributed by atoms with van der Waals surface area (Å²) in [5.41, 5.74) is 1.66. The first-order chi connectivity index (χ1) is 8.19. The number of aromatic hydroxyl groups is 1. The Hall–Kier alpha value is -1.51. The lowest BCUT2D eigenvalue weighted by molar-refractivity contribution is -0.142. The summed E-state index contributed by atoms with van der Waals surface area (Å²) in [7, 11) is 0. The van der Waals surface area contributed by atoms with E-state index in [1.165, 1.54) is 0 Å². The van der Waals surface area contributed by atoms with Gasteiger partial charge in [-0.25, -0.2) is 0 Å². The number of aliphatic carboxylic acids is 1. The molecule has 100 valence electrons. The fraction of sp³-hybridized carbons (Fsp3) is 0.533. The lowest BCUT2D eigenvalue weighted by Crippen LogP contribution is -2.22. The van der Waals surface area contributed by atoms with E-state index in [-0.39, 0.29) is 11.2 Å². The predicted molar refractivity (Wildman–Crippen MR) is 71.7 cm³/mol. The summed E-state index contributed by atoms with van der Waals surface area (Å²) in [6.07, 6.45) is 1.08. The lowest BCUT2D eigenvalue weighted by Gasteiger charge is -2.23. The molecule has 0 amide bonds. The average molecular weight is 250 g/mol. The van der Waals surface area contributed by atoms with Crippen molar-refractivity contribution in [3.8, 4) is 5.75 Å². The molecule has 1 aromatic rings. The van der Waals surface area contributed by atoms with Crippen molar-refractivity contribution in [2.45, 2.75) is 40.5 Å². The van der Waals surface area contributed by atoms with Crippen molar-refractivity contribution >= 4 is 5.97 Å². The molecule has 1 aromatic carbocycles. The molecule has 0 spiro atoms. The summed E-state index contributed by atoms with van der Waals surface area (Å²) >= 11 is 0. The number of hydrogen-bond donors (Lipinski definition) is 2. The number of carboxylic acid groups (broad SMARTS) is 1. The van der Waals surface area contributed by atoms with E-state index >= 15 is 0 Å². The fourth-order valence-corrected chi connectivity index (χ4v) is 2.05. The highest BCUT2D eigenvalue weighted by atomic mass is 16.4. The van der Waals surface area contributed by atoms with Crippen molar-refractivity contribution in [1.29, 1.82) is 0 Å². The minimum absolute atomic E-state index is 0.0181. The highest BCUT2D eigenvalue weighted by molar-refractivity contribution is 5.70. The van der Waals surface area contributed by atoms with Crippen LogP contribution in [-0.2, 0) is 11.2 Å². The maximum atomic E-state index is 11.3. The molecule has 1 atom stereocenters. The highest BCUT2D eigenvalue weighted by Gasteiger charge is 2.24. The number of hydrogen-bond acceptors (Lipinski definition) is 2. The Bertz CT molecular complexity index is 430. The third-order valence-electron chi connectivity index (χ3n) is 2.96. The zero-order valence-electron chi connectivity index (χ0n) is 11.5. The summed E-state index contributed by atoms with van der Waals surface area (Å²) in [6, 6.07) is 5.36. The van der Waals surface area contributed by atoms with Gasteiger partial charge in [-0.3, -0.25) is 4.79 Å². The van der Waals surface area contributed by atoms with Gasteiger partial charge in [-0.15, -0.1) is 0 Å². The van der Waals surface area contributed by atoms with E-state index in [2.05, 4.69) is 0 Å². The van der Waals surface area contributed by atoms with Gasteiger partial charge in [-0.1, -0.05) is 32.9 Å². The molecule has 0 aliphatic heterocycles. The van der Waals surface area contributed by atoms with Gasteiger partial charge in [0.1, 0.15) is 5.75 Å². The van der Waals surface area contributed by atoms with Crippen LogP contribution in [0.25, 0.3) is 0 Å². The zero-order chi connectivity index (χ0) is 13.9. The molecule has 0 aromatic heterocycles. The molecule has 3 heteroatoms. The molecular weight excluding hydrogens is 228 g/mol. The van der Waals surface area contributed by atoms with Crippen molar-refractivity contribution in [1.82, 2.24) is 0 Å². The molecule has 18 heavy (non-hydrogen) atoms. The second-order valence-electron chi connectivity index (χ2n) is 6.12. The molecule has 1 unspecified atom stereocenters. The van der Waals surface area contributed by atoms with Gasteiger partial charge in [0.25, 0.3) is 0 Å². The number of carboxylic acids is 1. The number of phenolic OH excluding ortho intramolecular Hbond substituents is 1. The van der Waals surface area contributed by atoms with Crippen LogP contribution < -0.4 is 0 Å². The van der Waals surface area contributed by atoms with E-state index in [0.29, 0.717) is 12.8 Å². The van der Waals surface area contributed by atoms with Crippen LogP contribution in [0.2, 0.25) is 0 Å². The molecule has 0 heterocycles. The van der Waals surface area contributed by atoms with E-state index in [0.717, 1.165) is 11.1 Å². The van der Waals surface area contributed by atoms with Crippen LogP contribution in [0.4, 0.5) is 0 Å². The molecule has 2 N–H and O–H groups in total. The largest absolute Gasteiger partial charge is 0.508 e. The van der Waals surface area contributed by atoms with Crippen LogP contribution in [0.1, 0.15) is 38.3 Å². The Morgan fingerprint density at radius 1 is 1.33 bits per heavy atom. The van der Waals surface area contributed by atoms with E-state index in [1.54, 1.807) is 6.07 Å². The van der Waals surface area contributed by atoms with Gasteiger partial charge < -0.3 is 10.2 Å². The van der Waals surface area contributed by atoms with Crippen molar-refractivity contribution in [2.75, 3.05) is 0 Å². The van der Waals surface area contributed by atoms with Gasteiger partial charge in [-0.2, -0.15) is 0 Å². The average Bonchev–Trinajstić information content (AvgIpc) is 2.20. The van der Waals surface area contributed by atoms with Crippen molar-refractivity contribution in [2.24, 2.45) is 11.3 Å². The Morgan fingerprint density at radius 2 is 1.94 bits per heavy atom. The minimum atomic E-state index is -0.773. The van der Waals surface area contributed by atoms with Crippen LogP contribution in [0, 0.1) is 18.3 Å². The van der Waals surface area contributed by atoms with Gasteiger partial charge in [0, 0.05) is 0 Å². The molecule has 0 aliphatic rings. The van der Waals surface area contributed by atoms with Crippen molar-refractivity contribution in [3.05, 3.63) is 29.3 Å². The van der Waals surface area contributed by atoms with Crippen LogP contribution in [0.3, 0.4) is 0 Å². The normalized spacial score (nSPS) is 13.3. The fourth-order valence-electron chi connectivity index (χ4n) is 2.05. The van der Waals surface area contributed by atoms with E-state index in [9.17, 15) is 15.0 Å². The predicted octanol–water partition coefficient (Wildman–Crippen LogP) is 3.38. The Kier molecular flexibility index (Phi) is 4.38. The number of phenols is 1. The molecule has 3 nitrogen and oxygen atoms in total. The minimum Gasteiger partial charge on any atom is -0.508 e.